The van der Waals surface area contributed by atoms with Crippen LogP contribution in [0.2, 0.25) is 0 Å². The van der Waals surface area contributed by atoms with E-state index in [1.807, 2.05) is 24.3 Å². The van der Waals surface area contributed by atoms with Crippen molar-refractivity contribution in [3.05, 3.63) is 29.8 Å². The molecule has 2 fully saturated rings. The SMILES string of the molecule is C[C@@H](NC(=S)NC1CCCCC1)c1ccc(N2CCOC2=O)cc1. The van der Waals surface area contributed by atoms with Gasteiger partial charge in [0.1, 0.15) is 6.61 Å². The lowest BCUT2D eigenvalue weighted by atomic mass is 9.96. The van der Waals surface area contributed by atoms with Crippen molar-refractivity contribution in [2.24, 2.45) is 0 Å². The van der Waals surface area contributed by atoms with Crippen LogP contribution in [0.15, 0.2) is 24.3 Å². The van der Waals surface area contributed by atoms with Gasteiger partial charge in [-0.2, -0.15) is 0 Å². The monoisotopic (exact) mass is 347 g/mol. The summed E-state index contributed by atoms with van der Waals surface area (Å²) in [6.45, 7) is 3.16. The number of anilines is 1. The smallest absolute Gasteiger partial charge is 0.414 e. The van der Waals surface area contributed by atoms with Crippen LogP contribution >= 0.6 is 12.2 Å². The van der Waals surface area contributed by atoms with Gasteiger partial charge in [0.25, 0.3) is 0 Å². The number of benzene rings is 1. The third-order valence-corrected chi connectivity index (χ3v) is 4.99. The molecule has 1 atom stereocenters. The second-order valence-electron chi connectivity index (χ2n) is 6.53. The number of rotatable bonds is 4. The number of amides is 1. The van der Waals surface area contributed by atoms with Gasteiger partial charge in [0, 0.05) is 11.7 Å². The molecule has 5 nitrogen and oxygen atoms in total. The zero-order chi connectivity index (χ0) is 16.9. The van der Waals surface area contributed by atoms with Crippen LogP contribution in [-0.4, -0.2) is 30.4 Å². The number of carbonyl (C=O) groups is 1. The normalized spacial score (nSPS) is 19.7. The molecular weight excluding hydrogens is 322 g/mol. The Morgan fingerprint density at radius 3 is 2.58 bits per heavy atom. The largest absolute Gasteiger partial charge is 0.447 e. The maximum absolute atomic E-state index is 11.6. The van der Waals surface area contributed by atoms with Gasteiger partial charge < -0.3 is 15.4 Å². The summed E-state index contributed by atoms with van der Waals surface area (Å²) in [5.74, 6) is 0. The van der Waals surface area contributed by atoms with Crippen LogP contribution in [0.5, 0.6) is 0 Å². The van der Waals surface area contributed by atoms with Crippen molar-refractivity contribution >= 4 is 29.1 Å². The Kier molecular flexibility index (Phi) is 5.56. The molecule has 1 saturated carbocycles. The summed E-state index contributed by atoms with van der Waals surface area (Å²) in [6.07, 6.45) is 6.05. The van der Waals surface area contributed by atoms with Gasteiger partial charge in [-0.25, -0.2) is 4.79 Å². The first-order chi connectivity index (χ1) is 11.6. The van der Waals surface area contributed by atoms with E-state index in [4.69, 9.17) is 17.0 Å². The van der Waals surface area contributed by atoms with Crippen molar-refractivity contribution in [2.45, 2.75) is 51.1 Å². The third kappa shape index (κ3) is 4.17. The summed E-state index contributed by atoms with van der Waals surface area (Å²) in [5, 5.41) is 7.51. The highest BCUT2D eigenvalue weighted by molar-refractivity contribution is 7.80. The molecule has 1 aromatic rings. The maximum Gasteiger partial charge on any atom is 0.414 e. The average molecular weight is 347 g/mol. The number of ether oxygens (including phenoxy) is 1. The highest BCUT2D eigenvalue weighted by atomic mass is 32.1. The molecule has 3 rings (SSSR count). The minimum absolute atomic E-state index is 0.119. The lowest BCUT2D eigenvalue weighted by molar-refractivity contribution is 0.181. The van der Waals surface area contributed by atoms with E-state index in [0.717, 1.165) is 16.4 Å². The molecule has 0 radical (unpaired) electrons. The van der Waals surface area contributed by atoms with Crippen LogP contribution < -0.4 is 15.5 Å². The molecule has 130 valence electrons. The third-order valence-electron chi connectivity index (χ3n) is 4.75. The van der Waals surface area contributed by atoms with Crippen LogP contribution in [0.3, 0.4) is 0 Å². The second kappa shape index (κ2) is 7.83. The summed E-state index contributed by atoms with van der Waals surface area (Å²) >= 11 is 5.45. The summed E-state index contributed by atoms with van der Waals surface area (Å²) in [7, 11) is 0. The molecule has 1 amide bonds. The van der Waals surface area contributed by atoms with Crippen molar-refractivity contribution < 1.29 is 9.53 Å². The molecule has 1 aliphatic heterocycles. The van der Waals surface area contributed by atoms with Gasteiger partial charge in [0.2, 0.25) is 0 Å². The summed E-state index contributed by atoms with van der Waals surface area (Å²) in [4.78, 5) is 13.2. The highest BCUT2D eigenvalue weighted by Crippen LogP contribution is 2.22. The Morgan fingerprint density at radius 1 is 1.25 bits per heavy atom. The number of hydrogen-bond acceptors (Lipinski definition) is 3. The lowest BCUT2D eigenvalue weighted by Crippen LogP contribution is -2.43. The predicted octanol–water partition coefficient (Wildman–Crippen LogP) is 3.50. The summed E-state index contributed by atoms with van der Waals surface area (Å²) < 4.78 is 4.97. The molecule has 0 bridgehead atoms. The van der Waals surface area contributed by atoms with Crippen molar-refractivity contribution in [3.63, 3.8) is 0 Å². The number of carbonyl (C=O) groups excluding carboxylic acids is 1. The number of cyclic esters (lactones) is 1. The standard InChI is InChI=1S/C18H25N3O2S/c1-13(19-17(24)20-15-5-3-2-4-6-15)14-7-9-16(10-8-14)21-11-12-23-18(21)22/h7-10,13,15H,2-6,11-12H2,1H3,(H2,19,20,24)/t13-/m1/s1. The zero-order valence-corrected chi connectivity index (χ0v) is 14.9. The summed E-state index contributed by atoms with van der Waals surface area (Å²) in [5.41, 5.74) is 2.01. The molecule has 2 aliphatic rings. The van der Waals surface area contributed by atoms with Gasteiger partial charge in [-0.3, -0.25) is 4.90 Å². The van der Waals surface area contributed by atoms with E-state index < -0.39 is 0 Å². The van der Waals surface area contributed by atoms with Crippen LogP contribution in [0.25, 0.3) is 0 Å². The number of thiocarbonyl (C=S) groups is 1. The second-order valence-corrected chi connectivity index (χ2v) is 6.94. The Bertz CT molecular complexity index is 584. The minimum atomic E-state index is -0.271. The van der Waals surface area contributed by atoms with E-state index in [1.54, 1.807) is 4.90 Å². The number of nitrogens with one attached hydrogen (secondary N) is 2. The Labute approximate surface area is 148 Å². The topological polar surface area (TPSA) is 53.6 Å². The molecule has 2 N–H and O–H groups in total. The van der Waals surface area contributed by atoms with Gasteiger partial charge in [-0.1, -0.05) is 31.4 Å². The number of nitrogens with zero attached hydrogens (tertiary/aromatic N) is 1. The first-order valence-corrected chi connectivity index (χ1v) is 9.15. The van der Waals surface area contributed by atoms with Gasteiger partial charge >= 0.3 is 6.09 Å². The minimum Gasteiger partial charge on any atom is -0.447 e. The van der Waals surface area contributed by atoms with E-state index in [0.29, 0.717) is 19.2 Å². The molecule has 0 unspecified atom stereocenters. The first-order valence-electron chi connectivity index (χ1n) is 8.75. The molecule has 0 spiro atoms. The van der Waals surface area contributed by atoms with Crippen LogP contribution in [0, 0.1) is 0 Å². The van der Waals surface area contributed by atoms with Crippen molar-refractivity contribution in [2.75, 3.05) is 18.1 Å². The molecular formula is C18H25N3O2S. The molecule has 1 saturated heterocycles. The fraction of sp³-hybridized carbons (Fsp3) is 0.556. The molecule has 6 heteroatoms. The zero-order valence-electron chi connectivity index (χ0n) is 14.1. The fourth-order valence-electron chi connectivity index (χ4n) is 3.32. The van der Waals surface area contributed by atoms with Gasteiger partial charge in [-0.15, -0.1) is 0 Å². The van der Waals surface area contributed by atoms with Gasteiger partial charge in [0.05, 0.1) is 12.6 Å². The van der Waals surface area contributed by atoms with Gasteiger partial charge in [-0.05, 0) is 49.7 Å². The van der Waals surface area contributed by atoms with E-state index >= 15 is 0 Å². The first kappa shape index (κ1) is 17.0. The number of hydrogen-bond donors (Lipinski definition) is 2. The van der Waals surface area contributed by atoms with Crippen molar-refractivity contribution in [3.8, 4) is 0 Å². The molecule has 0 aromatic heterocycles. The molecule has 1 aromatic carbocycles. The Balaban J connectivity index is 1.53. The average Bonchev–Trinajstić information content (AvgIpc) is 3.02. The Morgan fingerprint density at radius 2 is 1.96 bits per heavy atom. The van der Waals surface area contributed by atoms with Crippen LogP contribution in [-0.2, 0) is 4.74 Å². The van der Waals surface area contributed by atoms with E-state index in [-0.39, 0.29) is 12.1 Å². The van der Waals surface area contributed by atoms with E-state index in [2.05, 4.69) is 17.6 Å². The quantitative estimate of drug-likeness (QED) is 0.817. The Hall–Kier alpha value is -1.82. The van der Waals surface area contributed by atoms with Crippen molar-refractivity contribution in [1.29, 1.82) is 0 Å². The van der Waals surface area contributed by atoms with Gasteiger partial charge in [0.15, 0.2) is 5.11 Å². The van der Waals surface area contributed by atoms with Crippen molar-refractivity contribution in [1.82, 2.24) is 10.6 Å². The predicted molar refractivity (Wildman–Crippen MR) is 99.3 cm³/mol. The maximum atomic E-state index is 11.6. The summed E-state index contributed by atoms with van der Waals surface area (Å²) in [6, 6.07) is 8.60. The van der Waals surface area contributed by atoms with Crippen LogP contribution in [0.1, 0.15) is 50.6 Å². The lowest BCUT2D eigenvalue weighted by Gasteiger charge is -2.26. The molecule has 1 heterocycles. The van der Waals surface area contributed by atoms with E-state index in [1.165, 1.54) is 32.1 Å². The molecule has 1 aliphatic carbocycles. The van der Waals surface area contributed by atoms with E-state index in [9.17, 15) is 4.79 Å². The molecule has 24 heavy (non-hydrogen) atoms. The van der Waals surface area contributed by atoms with Crippen LogP contribution in [0.4, 0.5) is 10.5 Å². The highest BCUT2D eigenvalue weighted by Gasteiger charge is 2.23. The fourth-order valence-corrected chi connectivity index (χ4v) is 3.67.